The number of benzene rings is 1. The van der Waals surface area contributed by atoms with E-state index < -0.39 is 0 Å². The average molecular weight is 261 g/mol. The Balaban J connectivity index is 2.74. The molecular weight excluding hydrogens is 234 g/mol. The summed E-state index contributed by atoms with van der Waals surface area (Å²) in [5.74, 6) is 6.58. The van der Waals surface area contributed by atoms with Crippen molar-refractivity contribution in [1.29, 1.82) is 0 Å². The Labute approximate surface area is 117 Å². The van der Waals surface area contributed by atoms with Gasteiger partial charge in [0.2, 0.25) is 0 Å². The van der Waals surface area contributed by atoms with Gasteiger partial charge in [-0.1, -0.05) is 45.9 Å². The van der Waals surface area contributed by atoms with Crippen LogP contribution in [0.25, 0.3) is 0 Å². The van der Waals surface area contributed by atoms with Crippen LogP contribution in [0.4, 0.5) is 0 Å². The number of hydrazone groups is 1. The summed E-state index contributed by atoms with van der Waals surface area (Å²) >= 11 is 0. The number of nitrogens with two attached hydrogens (primary N) is 1. The molecule has 0 saturated carbocycles. The van der Waals surface area contributed by atoms with Crippen molar-refractivity contribution in [3.05, 3.63) is 35.4 Å². The summed E-state index contributed by atoms with van der Waals surface area (Å²) in [6.07, 6.45) is 1.69. The third-order valence-electron chi connectivity index (χ3n) is 2.83. The summed E-state index contributed by atoms with van der Waals surface area (Å²) in [5, 5.41) is 3.58. The molecule has 0 atom stereocenters. The molecule has 3 heteroatoms. The Morgan fingerprint density at radius 3 is 2.32 bits per heavy atom. The summed E-state index contributed by atoms with van der Waals surface area (Å²) in [7, 11) is 0. The smallest absolute Gasteiger partial charge is 0.0538 e. The van der Waals surface area contributed by atoms with Gasteiger partial charge >= 0.3 is 0 Å². The normalized spacial score (nSPS) is 12.2. The van der Waals surface area contributed by atoms with Crippen LogP contribution in [0.15, 0.2) is 29.4 Å². The summed E-state index contributed by atoms with van der Waals surface area (Å²) in [4.78, 5) is 2.52. The monoisotopic (exact) mass is 261 g/mol. The van der Waals surface area contributed by atoms with Crippen LogP contribution in [0.3, 0.4) is 0 Å². The van der Waals surface area contributed by atoms with Crippen molar-refractivity contribution < 1.29 is 0 Å². The van der Waals surface area contributed by atoms with E-state index >= 15 is 0 Å². The first-order valence-electron chi connectivity index (χ1n) is 7.05. The molecule has 2 N–H and O–H groups in total. The number of hydrogen-bond donors (Lipinski definition) is 1. The molecule has 3 nitrogen and oxygen atoms in total. The molecule has 0 spiro atoms. The largest absolute Gasteiger partial charge is 0.323 e. The van der Waals surface area contributed by atoms with E-state index in [4.69, 9.17) is 5.84 Å². The molecule has 19 heavy (non-hydrogen) atoms. The van der Waals surface area contributed by atoms with Crippen molar-refractivity contribution in [2.24, 2.45) is 22.8 Å². The van der Waals surface area contributed by atoms with Gasteiger partial charge in [0.15, 0.2) is 0 Å². The van der Waals surface area contributed by atoms with Crippen LogP contribution in [0.1, 0.15) is 38.8 Å². The van der Waals surface area contributed by atoms with Crippen LogP contribution in [-0.4, -0.2) is 24.2 Å². The summed E-state index contributed by atoms with van der Waals surface area (Å²) in [6.45, 7) is 12.3. The lowest BCUT2D eigenvalue weighted by Gasteiger charge is -2.26. The molecule has 0 unspecified atom stereocenters. The molecule has 0 aliphatic heterocycles. The predicted octanol–water partition coefficient (Wildman–Crippen LogP) is 3.09. The van der Waals surface area contributed by atoms with Crippen LogP contribution in [0.2, 0.25) is 0 Å². The zero-order chi connectivity index (χ0) is 14.3. The summed E-state index contributed by atoms with van der Waals surface area (Å²) < 4.78 is 0. The van der Waals surface area contributed by atoms with E-state index in [0.29, 0.717) is 11.8 Å². The standard InChI is InChI=1S/C16H27N3/c1-13(2)10-19(11-14(3)4)12-16-7-5-6-15(8-16)9-18-17/h5-9,13-14H,10-12,17H2,1-4H3. The van der Waals surface area contributed by atoms with Crippen molar-refractivity contribution in [1.82, 2.24) is 4.90 Å². The molecule has 1 aromatic rings. The fourth-order valence-electron chi connectivity index (χ4n) is 2.35. The zero-order valence-corrected chi connectivity index (χ0v) is 12.6. The van der Waals surface area contributed by atoms with Crippen molar-refractivity contribution in [3.8, 4) is 0 Å². The number of rotatable bonds is 7. The van der Waals surface area contributed by atoms with Crippen molar-refractivity contribution in [2.45, 2.75) is 34.2 Å². The first-order valence-corrected chi connectivity index (χ1v) is 7.05. The van der Waals surface area contributed by atoms with Gasteiger partial charge in [-0.05, 0) is 29.0 Å². The van der Waals surface area contributed by atoms with E-state index in [-0.39, 0.29) is 0 Å². The minimum absolute atomic E-state index is 0.688. The first kappa shape index (κ1) is 15.7. The second-order valence-electron chi connectivity index (χ2n) is 6.00. The van der Waals surface area contributed by atoms with Gasteiger partial charge in [-0.2, -0.15) is 5.10 Å². The average Bonchev–Trinajstić information content (AvgIpc) is 2.27. The van der Waals surface area contributed by atoms with Gasteiger partial charge in [-0.15, -0.1) is 0 Å². The van der Waals surface area contributed by atoms with E-state index in [9.17, 15) is 0 Å². The lowest BCUT2D eigenvalue weighted by molar-refractivity contribution is 0.211. The highest BCUT2D eigenvalue weighted by atomic mass is 15.1. The molecule has 106 valence electrons. The second kappa shape index (κ2) is 7.95. The van der Waals surface area contributed by atoms with Gasteiger partial charge in [0.05, 0.1) is 6.21 Å². The highest BCUT2D eigenvalue weighted by molar-refractivity contribution is 5.79. The quantitative estimate of drug-likeness (QED) is 0.465. The minimum Gasteiger partial charge on any atom is -0.323 e. The van der Waals surface area contributed by atoms with Crippen molar-refractivity contribution in [3.63, 3.8) is 0 Å². The molecule has 1 rings (SSSR count). The van der Waals surface area contributed by atoms with Crippen LogP contribution < -0.4 is 5.84 Å². The Morgan fingerprint density at radius 1 is 1.16 bits per heavy atom. The third-order valence-corrected chi connectivity index (χ3v) is 2.83. The SMILES string of the molecule is CC(C)CN(Cc1cccc(C=NN)c1)CC(C)C. The van der Waals surface area contributed by atoms with E-state index in [1.165, 1.54) is 5.56 Å². The molecule has 1 aromatic carbocycles. The first-order chi connectivity index (χ1) is 9.01. The molecule has 0 radical (unpaired) electrons. The Hall–Kier alpha value is -1.35. The Bertz CT molecular complexity index is 387. The Morgan fingerprint density at radius 2 is 1.79 bits per heavy atom. The number of hydrogen-bond acceptors (Lipinski definition) is 3. The summed E-state index contributed by atoms with van der Waals surface area (Å²) in [6, 6.07) is 8.41. The number of nitrogens with zero attached hydrogens (tertiary/aromatic N) is 2. The third kappa shape index (κ3) is 6.39. The maximum Gasteiger partial charge on any atom is 0.0538 e. The molecule has 0 saturated heterocycles. The van der Waals surface area contributed by atoms with Gasteiger partial charge in [0, 0.05) is 19.6 Å². The molecule has 0 aliphatic carbocycles. The molecule has 0 aromatic heterocycles. The van der Waals surface area contributed by atoms with Gasteiger partial charge in [0.25, 0.3) is 0 Å². The minimum atomic E-state index is 0.688. The maximum atomic E-state index is 5.20. The predicted molar refractivity (Wildman–Crippen MR) is 83.2 cm³/mol. The second-order valence-corrected chi connectivity index (χ2v) is 6.00. The summed E-state index contributed by atoms with van der Waals surface area (Å²) in [5.41, 5.74) is 2.38. The van der Waals surface area contributed by atoms with Gasteiger partial charge in [-0.3, -0.25) is 4.90 Å². The molecule has 0 heterocycles. The van der Waals surface area contributed by atoms with E-state index in [2.05, 4.69) is 55.9 Å². The van der Waals surface area contributed by atoms with E-state index in [0.717, 1.165) is 25.2 Å². The highest BCUT2D eigenvalue weighted by Gasteiger charge is 2.10. The van der Waals surface area contributed by atoms with Crippen molar-refractivity contribution >= 4 is 6.21 Å². The molecule has 0 bridgehead atoms. The van der Waals surface area contributed by atoms with Gasteiger partial charge in [0.1, 0.15) is 0 Å². The molecule has 0 aliphatic rings. The van der Waals surface area contributed by atoms with Crippen LogP contribution in [0.5, 0.6) is 0 Å². The van der Waals surface area contributed by atoms with E-state index in [1.54, 1.807) is 6.21 Å². The fraction of sp³-hybridized carbons (Fsp3) is 0.562. The van der Waals surface area contributed by atoms with Crippen LogP contribution in [0, 0.1) is 11.8 Å². The lowest BCUT2D eigenvalue weighted by Crippen LogP contribution is -2.30. The van der Waals surface area contributed by atoms with Crippen LogP contribution in [-0.2, 0) is 6.54 Å². The van der Waals surface area contributed by atoms with Crippen molar-refractivity contribution in [2.75, 3.05) is 13.1 Å². The molecule has 0 fully saturated rings. The topological polar surface area (TPSA) is 41.6 Å². The van der Waals surface area contributed by atoms with Gasteiger partial charge in [-0.25, -0.2) is 0 Å². The van der Waals surface area contributed by atoms with Gasteiger partial charge < -0.3 is 5.84 Å². The molecule has 0 amide bonds. The lowest BCUT2D eigenvalue weighted by atomic mass is 10.1. The highest BCUT2D eigenvalue weighted by Crippen LogP contribution is 2.11. The maximum absolute atomic E-state index is 5.20. The zero-order valence-electron chi connectivity index (χ0n) is 12.6. The Kier molecular flexibility index (Phi) is 6.57. The van der Waals surface area contributed by atoms with E-state index in [1.807, 2.05) is 6.07 Å². The van der Waals surface area contributed by atoms with Crippen LogP contribution >= 0.6 is 0 Å². The molecular formula is C16H27N3. The fourth-order valence-corrected chi connectivity index (χ4v) is 2.35.